The number of halogens is 1. The lowest BCUT2D eigenvalue weighted by molar-refractivity contribution is -0.322. The molecule has 5 aliphatic rings. The summed E-state index contributed by atoms with van der Waals surface area (Å²) in [5.41, 5.74) is -0.0622. The molecule has 1 aromatic heterocycles. The van der Waals surface area contributed by atoms with Crippen LogP contribution in [0.4, 0.5) is 0 Å². The number of amides is 3. The number of aliphatic hydroxyl groups is 2. The summed E-state index contributed by atoms with van der Waals surface area (Å²) in [4.78, 5) is 81.3. The van der Waals surface area contributed by atoms with Crippen molar-refractivity contribution in [2.24, 2.45) is 17.8 Å². The zero-order valence-electron chi connectivity index (χ0n) is 31.7. The quantitative estimate of drug-likeness (QED) is 0.181. The first kappa shape index (κ1) is 41.3. The van der Waals surface area contributed by atoms with E-state index in [9.17, 15) is 33.9 Å². The molecule has 2 aromatic rings. The van der Waals surface area contributed by atoms with Crippen LogP contribution in [0.1, 0.15) is 70.9 Å². The molecule has 304 valence electrons. The summed E-state index contributed by atoms with van der Waals surface area (Å²) in [6, 6.07) is 4.76. The second-order valence-corrected chi connectivity index (χ2v) is 17.0. The lowest BCUT2D eigenvalue weighted by atomic mass is 9.79. The molecule has 5 heterocycles. The summed E-state index contributed by atoms with van der Waals surface area (Å²) in [6.07, 6.45) is 2.20. The van der Waals surface area contributed by atoms with Crippen molar-refractivity contribution in [2.45, 2.75) is 102 Å². The summed E-state index contributed by atoms with van der Waals surface area (Å²) < 4.78 is 7.43. The van der Waals surface area contributed by atoms with Gasteiger partial charge in [-0.25, -0.2) is 4.79 Å². The van der Waals surface area contributed by atoms with E-state index in [-0.39, 0.29) is 23.8 Å². The standard InChI is InChI=1S/C32H40BrN5O5.C6H8O7/c1-16(2)12-24-29(40)37-11-7-10-25(37)32(42)38(24)30(41)31(43-32,17(3)4)35-28(39)18-13-20-19-8-6-9-22-26(19)21(27(33)34-22)14-23(20)36(5)15-18;7-3(8)1-6(13,5(11)12)2-4(9)10/h6,8-9,13,16-18,23-25,34,42H,7,10-12,14-15H2,1-5H3,(H,35,39);13H,1-2H2,(H,7,8)(H,9,10)(H,11,12)/t18-,23-,24+,25+,31-,32+;/m1./s1. The van der Waals surface area contributed by atoms with E-state index < -0.39 is 77.8 Å². The van der Waals surface area contributed by atoms with Crippen LogP contribution in [0.25, 0.3) is 16.5 Å². The van der Waals surface area contributed by atoms with Crippen molar-refractivity contribution in [1.29, 1.82) is 0 Å². The van der Waals surface area contributed by atoms with E-state index >= 15 is 0 Å². The Hall–Kier alpha value is -4.36. The fraction of sp³-hybridized carbons (Fsp3) is 0.579. The lowest BCUT2D eigenvalue weighted by Crippen LogP contribution is -2.71. The molecule has 1 aromatic carbocycles. The maximum atomic E-state index is 14.4. The number of piperazine rings is 1. The number of likely N-dealkylation sites (N-methyl/N-ethyl adjacent to an activating group) is 1. The number of nitrogens with one attached hydrogen (secondary N) is 2. The van der Waals surface area contributed by atoms with Crippen LogP contribution in [0.15, 0.2) is 28.9 Å². The van der Waals surface area contributed by atoms with Crippen LogP contribution in [0, 0.1) is 17.8 Å². The van der Waals surface area contributed by atoms with Crippen molar-refractivity contribution in [3.63, 3.8) is 0 Å². The number of carbonyl (C=O) groups is 6. The molecule has 56 heavy (non-hydrogen) atoms. The first-order chi connectivity index (χ1) is 26.1. The molecule has 7 N–H and O–H groups in total. The third kappa shape index (κ3) is 6.88. The minimum absolute atomic E-state index is 0.104. The normalized spacial score (nSPS) is 28.4. The summed E-state index contributed by atoms with van der Waals surface area (Å²) in [7, 11) is 2.03. The molecule has 0 bridgehead atoms. The molecule has 3 saturated heterocycles. The number of hydrogen-bond acceptors (Lipinski definition) is 10. The van der Waals surface area contributed by atoms with Crippen LogP contribution in [-0.4, -0.2) is 136 Å². The third-order valence-electron chi connectivity index (χ3n) is 11.5. The van der Waals surface area contributed by atoms with Crippen LogP contribution in [0.5, 0.6) is 0 Å². The van der Waals surface area contributed by atoms with Gasteiger partial charge in [0.25, 0.3) is 11.8 Å². The fourth-order valence-electron chi connectivity index (χ4n) is 8.86. The second kappa shape index (κ2) is 14.9. The first-order valence-corrected chi connectivity index (χ1v) is 19.4. The van der Waals surface area contributed by atoms with E-state index in [1.807, 2.05) is 33.0 Å². The Kier molecular flexibility index (Phi) is 11.0. The lowest BCUT2D eigenvalue weighted by Gasteiger charge is -2.49. The molecule has 3 amide bonds. The molecule has 0 radical (unpaired) electrons. The molecular formula is C38H48BrN5O12. The smallest absolute Gasteiger partial charge is 0.336 e. The number of benzene rings is 1. The van der Waals surface area contributed by atoms with Crippen molar-refractivity contribution in [1.82, 2.24) is 25.0 Å². The number of aliphatic carboxylic acids is 3. The summed E-state index contributed by atoms with van der Waals surface area (Å²) >= 11 is 3.70. The van der Waals surface area contributed by atoms with Gasteiger partial charge in [-0.2, -0.15) is 0 Å². The Morgan fingerprint density at radius 2 is 1.75 bits per heavy atom. The van der Waals surface area contributed by atoms with E-state index in [0.29, 0.717) is 25.9 Å². The van der Waals surface area contributed by atoms with Gasteiger partial charge in [0.15, 0.2) is 5.60 Å². The molecule has 7 rings (SSSR count). The van der Waals surface area contributed by atoms with Gasteiger partial charge in [0.2, 0.25) is 17.5 Å². The summed E-state index contributed by atoms with van der Waals surface area (Å²) in [5, 5.41) is 50.1. The van der Waals surface area contributed by atoms with Crippen molar-refractivity contribution < 1.29 is 59.0 Å². The van der Waals surface area contributed by atoms with Gasteiger partial charge in [-0.3, -0.25) is 38.5 Å². The van der Waals surface area contributed by atoms with Crippen LogP contribution >= 0.6 is 15.9 Å². The van der Waals surface area contributed by atoms with Gasteiger partial charge in [0, 0.05) is 36.0 Å². The molecule has 1 aliphatic carbocycles. The van der Waals surface area contributed by atoms with Gasteiger partial charge in [-0.1, -0.05) is 45.9 Å². The van der Waals surface area contributed by atoms with Crippen LogP contribution < -0.4 is 5.32 Å². The summed E-state index contributed by atoms with van der Waals surface area (Å²) in [6.45, 7) is 8.57. The third-order valence-corrected chi connectivity index (χ3v) is 12.2. The molecule has 17 nitrogen and oxygen atoms in total. The van der Waals surface area contributed by atoms with Crippen LogP contribution in [0.2, 0.25) is 0 Å². The van der Waals surface area contributed by atoms with E-state index in [1.54, 1.807) is 18.7 Å². The van der Waals surface area contributed by atoms with E-state index in [1.165, 1.54) is 15.8 Å². The average molecular weight is 847 g/mol. The maximum Gasteiger partial charge on any atom is 0.336 e. The number of aromatic nitrogens is 1. The zero-order valence-corrected chi connectivity index (χ0v) is 33.3. The van der Waals surface area contributed by atoms with Crippen molar-refractivity contribution in [2.75, 3.05) is 20.1 Å². The Labute approximate surface area is 330 Å². The van der Waals surface area contributed by atoms with E-state index in [2.05, 4.69) is 43.3 Å². The minimum Gasteiger partial charge on any atom is -0.481 e. The van der Waals surface area contributed by atoms with Crippen molar-refractivity contribution in [3.8, 4) is 0 Å². The Balaban J connectivity index is 0.000000353. The Morgan fingerprint density at radius 1 is 1.09 bits per heavy atom. The minimum atomic E-state index is -2.74. The predicted octanol–water partition coefficient (Wildman–Crippen LogP) is 1.94. The van der Waals surface area contributed by atoms with Gasteiger partial charge in [-0.05, 0) is 77.3 Å². The van der Waals surface area contributed by atoms with Crippen LogP contribution in [0.3, 0.4) is 0 Å². The molecular weight excluding hydrogens is 798 g/mol. The Bertz CT molecular complexity index is 2000. The monoisotopic (exact) mass is 845 g/mol. The van der Waals surface area contributed by atoms with Crippen LogP contribution in [-0.2, 0) is 39.9 Å². The molecule has 18 heteroatoms. The Morgan fingerprint density at radius 3 is 2.34 bits per heavy atom. The molecule has 0 saturated carbocycles. The number of rotatable bonds is 10. The number of carboxylic acid groups (broad SMARTS) is 3. The number of fused-ring (bicyclic) bond motifs is 5. The van der Waals surface area contributed by atoms with Crippen molar-refractivity contribution in [3.05, 3.63) is 40.0 Å². The number of H-pyrrole nitrogens is 1. The highest BCUT2D eigenvalue weighted by Gasteiger charge is 2.72. The number of ether oxygens (including phenoxy) is 1. The van der Waals surface area contributed by atoms with Gasteiger partial charge in [-0.15, -0.1) is 0 Å². The predicted molar refractivity (Wildman–Crippen MR) is 201 cm³/mol. The number of nitrogens with zero attached hydrogens (tertiary/aromatic N) is 3. The highest BCUT2D eigenvalue weighted by molar-refractivity contribution is 9.10. The number of carboxylic acids is 3. The largest absolute Gasteiger partial charge is 0.481 e. The average Bonchev–Trinajstić information content (AvgIpc) is 3.78. The van der Waals surface area contributed by atoms with Gasteiger partial charge >= 0.3 is 17.9 Å². The van der Waals surface area contributed by atoms with E-state index in [4.69, 9.17) is 25.2 Å². The first-order valence-electron chi connectivity index (χ1n) is 18.6. The van der Waals surface area contributed by atoms with Gasteiger partial charge < -0.3 is 40.7 Å². The number of carbonyl (C=O) groups excluding carboxylic acids is 3. The zero-order chi connectivity index (χ0) is 41.2. The van der Waals surface area contributed by atoms with Gasteiger partial charge in [0.1, 0.15) is 12.1 Å². The molecule has 0 unspecified atom stereocenters. The molecule has 6 atom stereocenters. The molecule has 4 aliphatic heterocycles. The highest BCUT2D eigenvalue weighted by Crippen LogP contribution is 2.49. The topological polar surface area (TPSA) is 250 Å². The fourth-order valence-corrected chi connectivity index (χ4v) is 9.44. The number of aromatic amines is 1. The number of hydrogen-bond donors (Lipinski definition) is 7. The van der Waals surface area contributed by atoms with Crippen molar-refractivity contribution >= 4 is 68.0 Å². The maximum absolute atomic E-state index is 14.4. The van der Waals surface area contributed by atoms with E-state index in [0.717, 1.165) is 34.1 Å². The summed E-state index contributed by atoms with van der Waals surface area (Å²) in [5.74, 6) is -9.03. The second-order valence-electron chi connectivity index (χ2n) is 16.2. The SMILES string of the molecule is CC(C)C[C@H]1C(=O)N2CCC[C@H]2[C@]2(O)O[C@](NC(=O)[C@@H]3C=C4c5cccc6[nH]c(Br)c(c56)C[C@H]4N(C)C3)(C(C)C)C(=O)N12.O=C(O)CC(O)(CC(=O)O)C(=O)O. The highest BCUT2D eigenvalue weighted by atomic mass is 79.9. The van der Waals surface area contributed by atoms with Gasteiger partial charge in [0.05, 0.1) is 23.4 Å². The molecule has 0 spiro atoms. The molecule has 3 fully saturated rings.